The normalized spacial score (nSPS) is 14.5. The third kappa shape index (κ3) is 4.00. The van der Waals surface area contributed by atoms with Gasteiger partial charge in [0, 0.05) is 0 Å². The Labute approximate surface area is 141 Å². The highest BCUT2D eigenvalue weighted by Gasteiger charge is 2.26. The van der Waals surface area contributed by atoms with Crippen LogP contribution < -0.4 is 5.32 Å². The summed E-state index contributed by atoms with van der Waals surface area (Å²) >= 11 is 0. The Kier molecular flexibility index (Phi) is 5.36. The van der Waals surface area contributed by atoms with Crippen LogP contribution >= 0.6 is 0 Å². The number of nitrogens with one attached hydrogen (secondary N) is 1. The van der Waals surface area contributed by atoms with Gasteiger partial charge in [0.25, 0.3) is 0 Å². The van der Waals surface area contributed by atoms with E-state index in [1.807, 2.05) is 30.3 Å². The Hall–Kier alpha value is -2.66. The third-order valence-corrected chi connectivity index (χ3v) is 4.09. The van der Waals surface area contributed by atoms with Gasteiger partial charge in [0.1, 0.15) is 12.1 Å². The summed E-state index contributed by atoms with van der Waals surface area (Å²) in [6, 6.07) is 16.4. The first-order chi connectivity index (χ1) is 11.3. The molecule has 0 saturated carbocycles. The molecule has 0 aromatic heterocycles. The minimum atomic E-state index is -1.19. The Bertz CT molecular complexity index is 725. The van der Waals surface area contributed by atoms with Crippen LogP contribution in [0.25, 0.3) is 0 Å². The molecule has 5 nitrogen and oxygen atoms in total. The molecule has 1 amide bonds. The fraction of sp³-hybridized carbons (Fsp3) is 0.263. The molecule has 126 valence electrons. The van der Waals surface area contributed by atoms with Crippen molar-refractivity contribution < 1.29 is 19.8 Å². The molecule has 0 fully saturated rings. The number of rotatable bonds is 6. The molecule has 0 aliphatic heterocycles. The van der Waals surface area contributed by atoms with E-state index in [0.717, 1.165) is 5.56 Å². The van der Waals surface area contributed by atoms with E-state index in [1.165, 1.54) is 0 Å². The van der Waals surface area contributed by atoms with Crippen molar-refractivity contribution in [1.82, 2.24) is 5.32 Å². The molecule has 0 heterocycles. The molecule has 0 spiro atoms. The maximum atomic E-state index is 12.0. The Morgan fingerprint density at radius 1 is 1.08 bits per heavy atom. The van der Waals surface area contributed by atoms with Gasteiger partial charge in [-0.15, -0.1) is 0 Å². The lowest BCUT2D eigenvalue weighted by Crippen LogP contribution is -2.32. The molecule has 3 N–H and O–H groups in total. The molecule has 2 atom stereocenters. The van der Waals surface area contributed by atoms with Crippen molar-refractivity contribution in [3.63, 3.8) is 0 Å². The van der Waals surface area contributed by atoms with E-state index in [1.54, 1.807) is 38.1 Å². The van der Waals surface area contributed by atoms with Crippen LogP contribution in [0.5, 0.6) is 0 Å². The molecule has 2 rings (SSSR count). The molecular formula is C19H21NO4. The van der Waals surface area contributed by atoms with Gasteiger partial charge in [-0.3, -0.25) is 9.59 Å². The summed E-state index contributed by atoms with van der Waals surface area (Å²) in [5.74, 6) is -1.97. The predicted octanol–water partition coefficient (Wildman–Crippen LogP) is 2.25. The van der Waals surface area contributed by atoms with Crippen molar-refractivity contribution >= 4 is 11.9 Å². The van der Waals surface area contributed by atoms with Crippen molar-refractivity contribution in [2.45, 2.75) is 25.4 Å². The van der Waals surface area contributed by atoms with Gasteiger partial charge in [-0.1, -0.05) is 54.6 Å². The molecule has 24 heavy (non-hydrogen) atoms. The topological polar surface area (TPSA) is 86.6 Å². The number of amides is 1. The first-order valence-corrected chi connectivity index (χ1v) is 7.70. The van der Waals surface area contributed by atoms with E-state index >= 15 is 0 Å². The number of hydrogen-bond acceptors (Lipinski definition) is 3. The van der Waals surface area contributed by atoms with Crippen LogP contribution in [0.15, 0.2) is 54.6 Å². The van der Waals surface area contributed by atoms with Gasteiger partial charge in [0.05, 0.1) is 5.92 Å². The Morgan fingerprint density at radius 2 is 1.71 bits per heavy atom. The number of aliphatic carboxylic acids is 1. The molecule has 2 aromatic carbocycles. The molecule has 0 radical (unpaired) electrons. The van der Waals surface area contributed by atoms with Gasteiger partial charge >= 0.3 is 5.97 Å². The summed E-state index contributed by atoms with van der Waals surface area (Å²) in [6.45, 7) is 2.99. The van der Waals surface area contributed by atoms with Crippen molar-refractivity contribution in [2.75, 3.05) is 6.54 Å². The van der Waals surface area contributed by atoms with Crippen molar-refractivity contribution in [1.29, 1.82) is 0 Å². The second-order valence-corrected chi connectivity index (χ2v) is 5.90. The van der Waals surface area contributed by atoms with Gasteiger partial charge in [-0.25, -0.2) is 0 Å². The largest absolute Gasteiger partial charge is 0.480 e. The maximum absolute atomic E-state index is 12.0. The van der Waals surface area contributed by atoms with Crippen LogP contribution in [-0.2, 0) is 15.2 Å². The number of aliphatic hydroxyl groups is 1. The summed E-state index contributed by atoms with van der Waals surface area (Å²) < 4.78 is 0. The lowest BCUT2D eigenvalue weighted by Gasteiger charge is -2.25. The van der Waals surface area contributed by atoms with Crippen LogP contribution in [0.3, 0.4) is 0 Å². The highest BCUT2D eigenvalue weighted by atomic mass is 16.4. The van der Waals surface area contributed by atoms with Gasteiger partial charge < -0.3 is 15.5 Å². The molecule has 2 unspecified atom stereocenters. The molecule has 0 saturated heterocycles. The number of benzene rings is 2. The highest BCUT2D eigenvalue weighted by Crippen LogP contribution is 2.30. The van der Waals surface area contributed by atoms with Crippen LogP contribution in [0.2, 0.25) is 0 Å². The van der Waals surface area contributed by atoms with E-state index in [4.69, 9.17) is 5.11 Å². The number of carbonyl (C=O) groups is 2. The lowest BCUT2D eigenvalue weighted by molar-refractivity contribution is -0.138. The van der Waals surface area contributed by atoms with E-state index < -0.39 is 24.0 Å². The SMILES string of the molecule is CC(C(=O)NCC(=O)O)c1cccc(C(C)(O)c2ccccc2)c1. The zero-order valence-corrected chi connectivity index (χ0v) is 13.7. The van der Waals surface area contributed by atoms with Crippen molar-refractivity contribution in [2.24, 2.45) is 0 Å². The minimum absolute atomic E-state index is 0.367. The summed E-state index contributed by atoms with van der Waals surface area (Å²) in [7, 11) is 0. The molecule has 2 aromatic rings. The molecule has 0 aliphatic carbocycles. The fourth-order valence-electron chi connectivity index (χ4n) is 2.51. The van der Waals surface area contributed by atoms with Crippen molar-refractivity contribution in [3.8, 4) is 0 Å². The van der Waals surface area contributed by atoms with Crippen LogP contribution in [0, 0.1) is 0 Å². The van der Waals surface area contributed by atoms with E-state index in [2.05, 4.69) is 5.32 Å². The highest BCUT2D eigenvalue weighted by molar-refractivity contribution is 5.86. The van der Waals surface area contributed by atoms with Crippen LogP contribution in [0.1, 0.15) is 36.5 Å². The summed E-state index contributed by atoms with van der Waals surface area (Å²) in [5, 5.41) is 21.9. The quantitative estimate of drug-likeness (QED) is 0.759. The zero-order chi connectivity index (χ0) is 17.7. The van der Waals surface area contributed by atoms with Crippen LogP contribution in [0.4, 0.5) is 0 Å². The number of hydrogen-bond donors (Lipinski definition) is 3. The molecule has 0 aliphatic rings. The predicted molar refractivity (Wildman–Crippen MR) is 90.6 cm³/mol. The molecule has 5 heteroatoms. The van der Waals surface area contributed by atoms with Gasteiger partial charge in [-0.2, -0.15) is 0 Å². The fourth-order valence-corrected chi connectivity index (χ4v) is 2.51. The van der Waals surface area contributed by atoms with Gasteiger partial charge in [0.2, 0.25) is 5.91 Å². The number of carboxylic acid groups (broad SMARTS) is 1. The van der Waals surface area contributed by atoms with E-state index in [9.17, 15) is 14.7 Å². The number of carbonyl (C=O) groups excluding carboxylic acids is 1. The molecular weight excluding hydrogens is 306 g/mol. The summed E-state index contributed by atoms with van der Waals surface area (Å²) in [4.78, 5) is 22.6. The second kappa shape index (κ2) is 7.27. The zero-order valence-electron chi connectivity index (χ0n) is 13.7. The van der Waals surface area contributed by atoms with Crippen LogP contribution in [-0.4, -0.2) is 28.6 Å². The second-order valence-electron chi connectivity index (χ2n) is 5.90. The maximum Gasteiger partial charge on any atom is 0.322 e. The summed E-state index contributed by atoms with van der Waals surface area (Å²) in [6.07, 6.45) is 0. The summed E-state index contributed by atoms with van der Waals surface area (Å²) in [5.41, 5.74) is 0.954. The monoisotopic (exact) mass is 327 g/mol. The van der Waals surface area contributed by atoms with E-state index in [0.29, 0.717) is 11.1 Å². The first kappa shape index (κ1) is 17.7. The van der Waals surface area contributed by atoms with Gasteiger partial charge in [-0.05, 0) is 30.5 Å². The lowest BCUT2D eigenvalue weighted by atomic mass is 9.86. The average Bonchev–Trinajstić information content (AvgIpc) is 2.59. The standard InChI is InChI=1S/C19H21NO4/c1-13(18(23)20-12-17(21)22)14-7-6-10-16(11-14)19(2,24)15-8-4-3-5-9-15/h3-11,13,24H,12H2,1-2H3,(H,20,23)(H,21,22). The van der Waals surface area contributed by atoms with Gasteiger partial charge in [0.15, 0.2) is 0 Å². The minimum Gasteiger partial charge on any atom is -0.480 e. The Morgan fingerprint density at radius 3 is 2.33 bits per heavy atom. The Balaban J connectivity index is 2.25. The first-order valence-electron chi connectivity index (χ1n) is 7.70. The average molecular weight is 327 g/mol. The molecule has 0 bridgehead atoms. The smallest absolute Gasteiger partial charge is 0.322 e. The number of carboxylic acids is 1. The van der Waals surface area contributed by atoms with Crippen molar-refractivity contribution in [3.05, 3.63) is 71.3 Å². The van der Waals surface area contributed by atoms with E-state index in [-0.39, 0.29) is 5.91 Å². The third-order valence-electron chi connectivity index (χ3n) is 4.09.